The van der Waals surface area contributed by atoms with Crippen LogP contribution in [0.25, 0.3) is 0 Å². The number of para-hydroxylation sites is 1. The summed E-state index contributed by atoms with van der Waals surface area (Å²) in [6.07, 6.45) is 0. The first-order chi connectivity index (χ1) is 13.5. The third kappa shape index (κ3) is 5.22. The average Bonchev–Trinajstić information content (AvgIpc) is 2.70. The van der Waals surface area contributed by atoms with Gasteiger partial charge in [0, 0.05) is 9.79 Å². The fourth-order valence-corrected chi connectivity index (χ4v) is 4.62. The van der Waals surface area contributed by atoms with E-state index in [4.69, 9.17) is 0 Å². The molecule has 3 aromatic rings. The van der Waals surface area contributed by atoms with E-state index in [9.17, 15) is 13.2 Å². The standard InChI is InChI=1S/C21H20N2O3S2/c1-16(23-28(25,26)18-12-6-3-7-13-18)21(24)22-19-14-8-9-15-20(19)27-17-10-4-2-5-11-17/h2-16,23H,1H3,(H,22,24)/t16-/m1/s1. The maximum Gasteiger partial charge on any atom is 0.242 e. The zero-order valence-electron chi connectivity index (χ0n) is 15.2. The quantitative estimate of drug-likeness (QED) is 0.611. The lowest BCUT2D eigenvalue weighted by atomic mass is 10.3. The van der Waals surface area contributed by atoms with Crippen molar-refractivity contribution in [2.24, 2.45) is 0 Å². The van der Waals surface area contributed by atoms with Crippen LogP contribution in [0.15, 0.2) is 99.6 Å². The Bertz CT molecular complexity index is 1040. The highest BCUT2D eigenvalue weighted by atomic mass is 32.2. The van der Waals surface area contributed by atoms with Crippen LogP contribution in [0.5, 0.6) is 0 Å². The highest BCUT2D eigenvalue weighted by molar-refractivity contribution is 7.99. The van der Waals surface area contributed by atoms with Gasteiger partial charge in [0.2, 0.25) is 15.9 Å². The van der Waals surface area contributed by atoms with Gasteiger partial charge in [-0.3, -0.25) is 4.79 Å². The Kier molecular flexibility index (Phi) is 6.51. The summed E-state index contributed by atoms with van der Waals surface area (Å²) < 4.78 is 27.2. The Balaban J connectivity index is 1.71. The third-order valence-corrected chi connectivity index (χ3v) is 6.54. The number of sulfonamides is 1. The molecule has 0 saturated heterocycles. The van der Waals surface area contributed by atoms with Crippen LogP contribution in [-0.2, 0) is 14.8 Å². The lowest BCUT2D eigenvalue weighted by Crippen LogP contribution is -2.41. The van der Waals surface area contributed by atoms with E-state index < -0.39 is 22.0 Å². The predicted molar refractivity (Wildman–Crippen MR) is 112 cm³/mol. The maximum atomic E-state index is 12.6. The number of carbonyl (C=O) groups excluding carboxylic acids is 1. The molecule has 0 spiro atoms. The first-order valence-electron chi connectivity index (χ1n) is 8.66. The minimum absolute atomic E-state index is 0.120. The third-order valence-electron chi connectivity index (χ3n) is 3.89. The number of anilines is 1. The number of carbonyl (C=O) groups is 1. The van der Waals surface area contributed by atoms with Crippen LogP contribution in [0.4, 0.5) is 5.69 Å². The van der Waals surface area contributed by atoms with Crippen LogP contribution in [0.1, 0.15) is 6.92 Å². The number of nitrogens with one attached hydrogen (secondary N) is 2. The zero-order valence-corrected chi connectivity index (χ0v) is 16.8. The van der Waals surface area contributed by atoms with Gasteiger partial charge in [0.25, 0.3) is 0 Å². The molecule has 144 valence electrons. The second kappa shape index (κ2) is 9.05. The van der Waals surface area contributed by atoms with Gasteiger partial charge in [0.15, 0.2) is 0 Å². The molecule has 7 heteroatoms. The van der Waals surface area contributed by atoms with Crippen LogP contribution < -0.4 is 10.0 Å². The number of hydrogen-bond donors (Lipinski definition) is 2. The van der Waals surface area contributed by atoms with Gasteiger partial charge in [-0.1, -0.05) is 60.3 Å². The van der Waals surface area contributed by atoms with E-state index in [-0.39, 0.29) is 4.90 Å². The van der Waals surface area contributed by atoms with Gasteiger partial charge in [-0.05, 0) is 43.3 Å². The van der Waals surface area contributed by atoms with Crippen LogP contribution >= 0.6 is 11.8 Å². The molecule has 0 aliphatic carbocycles. The van der Waals surface area contributed by atoms with Crippen LogP contribution in [-0.4, -0.2) is 20.4 Å². The predicted octanol–water partition coefficient (Wildman–Crippen LogP) is 4.14. The lowest BCUT2D eigenvalue weighted by molar-refractivity contribution is -0.117. The summed E-state index contributed by atoms with van der Waals surface area (Å²) in [6.45, 7) is 1.52. The largest absolute Gasteiger partial charge is 0.324 e. The van der Waals surface area contributed by atoms with Crippen LogP contribution in [0.3, 0.4) is 0 Å². The van der Waals surface area contributed by atoms with Crippen molar-refractivity contribution in [1.82, 2.24) is 4.72 Å². The zero-order chi connectivity index (χ0) is 20.0. The molecule has 0 radical (unpaired) electrons. The molecule has 28 heavy (non-hydrogen) atoms. The van der Waals surface area contributed by atoms with E-state index in [1.54, 1.807) is 24.3 Å². The molecular formula is C21H20N2O3S2. The number of rotatable bonds is 7. The molecule has 5 nitrogen and oxygen atoms in total. The fourth-order valence-electron chi connectivity index (χ4n) is 2.47. The summed E-state index contributed by atoms with van der Waals surface area (Å²) in [5.41, 5.74) is 0.632. The van der Waals surface area contributed by atoms with E-state index in [1.165, 1.54) is 30.8 Å². The Hall–Kier alpha value is -2.61. The molecule has 0 bridgehead atoms. The summed E-state index contributed by atoms with van der Waals surface area (Å²) in [4.78, 5) is 14.6. The molecule has 2 N–H and O–H groups in total. The molecule has 3 rings (SSSR count). The summed E-state index contributed by atoms with van der Waals surface area (Å²) in [5.74, 6) is -0.430. The Morgan fingerprint density at radius 3 is 2.11 bits per heavy atom. The molecule has 0 saturated carbocycles. The second-order valence-electron chi connectivity index (χ2n) is 6.06. The average molecular weight is 413 g/mol. The summed E-state index contributed by atoms with van der Waals surface area (Å²) in [6, 6.07) is 24.3. The molecule has 0 fully saturated rings. The van der Waals surface area contributed by atoms with Gasteiger partial charge in [0.1, 0.15) is 0 Å². The highest BCUT2D eigenvalue weighted by Gasteiger charge is 2.22. The number of hydrogen-bond acceptors (Lipinski definition) is 4. The van der Waals surface area contributed by atoms with Gasteiger partial charge < -0.3 is 5.32 Å². The first kappa shape index (κ1) is 20.1. The van der Waals surface area contributed by atoms with E-state index in [0.717, 1.165) is 9.79 Å². The SMILES string of the molecule is C[C@@H](NS(=O)(=O)c1ccccc1)C(=O)Nc1ccccc1Sc1ccccc1. The van der Waals surface area contributed by atoms with Crippen molar-refractivity contribution in [2.45, 2.75) is 27.7 Å². The first-order valence-corrected chi connectivity index (χ1v) is 11.0. The van der Waals surface area contributed by atoms with E-state index in [1.807, 2.05) is 48.5 Å². The van der Waals surface area contributed by atoms with Gasteiger partial charge in [-0.2, -0.15) is 4.72 Å². The van der Waals surface area contributed by atoms with E-state index in [0.29, 0.717) is 5.69 Å². The summed E-state index contributed by atoms with van der Waals surface area (Å²) in [5, 5.41) is 2.82. The highest BCUT2D eigenvalue weighted by Crippen LogP contribution is 2.33. The minimum Gasteiger partial charge on any atom is -0.324 e. The molecular weight excluding hydrogens is 392 g/mol. The van der Waals surface area contributed by atoms with E-state index >= 15 is 0 Å². The molecule has 0 heterocycles. The lowest BCUT2D eigenvalue weighted by Gasteiger charge is -2.16. The van der Waals surface area contributed by atoms with Crippen molar-refractivity contribution in [2.75, 3.05) is 5.32 Å². The van der Waals surface area contributed by atoms with Crippen LogP contribution in [0.2, 0.25) is 0 Å². The maximum absolute atomic E-state index is 12.6. The molecule has 1 atom stereocenters. The number of amides is 1. The molecule has 0 unspecified atom stereocenters. The summed E-state index contributed by atoms with van der Waals surface area (Å²) >= 11 is 1.52. The summed E-state index contributed by atoms with van der Waals surface area (Å²) in [7, 11) is -3.77. The van der Waals surface area contributed by atoms with E-state index in [2.05, 4.69) is 10.0 Å². The Labute approximate surface area is 169 Å². The van der Waals surface area contributed by atoms with Crippen molar-refractivity contribution < 1.29 is 13.2 Å². The molecule has 0 aliphatic rings. The monoisotopic (exact) mass is 412 g/mol. The topological polar surface area (TPSA) is 75.3 Å². The molecule has 0 aliphatic heterocycles. The Morgan fingerprint density at radius 1 is 0.857 bits per heavy atom. The van der Waals surface area contributed by atoms with Crippen molar-refractivity contribution in [3.8, 4) is 0 Å². The molecule has 3 aromatic carbocycles. The number of benzene rings is 3. The van der Waals surface area contributed by atoms with Crippen molar-refractivity contribution in [3.63, 3.8) is 0 Å². The Morgan fingerprint density at radius 2 is 1.43 bits per heavy atom. The molecule has 1 amide bonds. The minimum atomic E-state index is -3.77. The van der Waals surface area contributed by atoms with Gasteiger partial charge in [-0.15, -0.1) is 0 Å². The van der Waals surface area contributed by atoms with Gasteiger partial charge in [0.05, 0.1) is 16.6 Å². The smallest absolute Gasteiger partial charge is 0.242 e. The van der Waals surface area contributed by atoms with Crippen molar-refractivity contribution >= 4 is 33.4 Å². The van der Waals surface area contributed by atoms with Crippen molar-refractivity contribution in [1.29, 1.82) is 0 Å². The van der Waals surface area contributed by atoms with Crippen LogP contribution in [0, 0.1) is 0 Å². The van der Waals surface area contributed by atoms with Crippen molar-refractivity contribution in [3.05, 3.63) is 84.9 Å². The fraction of sp³-hybridized carbons (Fsp3) is 0.0952. The van der Waals surface area contributed by atoms with Gasteiger partial charge in [-0.25, -0.2) is 8.42 Å². The molecule has 0 aromatic heterocycles. The second-order valence-corrected chi connectivity index (χ2v) is 8.89. The normalized spacial score (nSPS) is 12.3. The van der Waals surface area contributed by atoms with Gasteiger partial charge >= 0.3 is 0 Å².